The third-order valence-corrected chi connectivity index (χ3v) is 5.47. The highest BCUT2D eigenvalue weighted by Gasteiger charge is 2.51. The predicted octanol–water partition coefficient (Wildman–Crippen LogP) is 3.31. The Kier molecular flexibility index (Phi) is 5.24. The van der Waals surface area contributed by atoms with E-state index >= 15 is 0 Å². The van der Waals surface area contributed by atoms with Gasteiger partial charge in [0.25, 0.3) is 0 Å². The Bertz CT molecular complexity index is 535. The van der Waals surface area contributed by atoms with Crippen LogP contribution in [0.5, 0.6) is 0 Å². The molecule has 2 heterocycles. The lowest BCUT2D eigenvalue weighted by Crippen LogP contribution is -2.49. The number of benzene rings is 1. The first-order chi connectivity index (χ1) is 11.2. The molecule has 2 aliphatic heterocycles. The Morgan fingerprint density at radius 1 is 1.43 bits per heavy atom. The second-order valence-corrected chi connectivity index (χ2v) is 6.61. The molecular formula is C17H22BrNO4. The minimum Gasteiger partial charge on any atom is -0.445 e. The molecule has 0 N–H and O–H groups in total. The molecular weight excluding hydrogens is 362 g/mol. The minimum absolute atomic E-state index is 0.0181. The maximum Gasteiger partial charge on any atom is 0.410 e. The third kappa shape index (κ3) is 3.54. The summed E-state index contributed by atoms with van der Waals surface area (Å²) in [7, 11) is 1.65. The second kappa shape index (κ2) is 7.20. The maximum atomic E-state index is 12.5. The fourth-order valence-electron chi connectivity index (χ4n) is 3.34. The van der Waals surface area contributed by atoms with Crippen LogP contribution < -0.4 is 0 Å². The normalized spacial score (nSPS) is 30.1. The van der Waals surface area contributed by atoms with Crippen molar-refractivity contribution in [2.45, 2.75) is 43.8 Å². The SMILES string of the molecule is COC1(CBr)C[C@@H]2[C@@H](CCCN2C(=O)OCc2ccccc2)O1. The fraction of sp³-hybridized carbons (Fsp3) is 0.588. The summed E-state index contributed by atoms with van der Waals surface area (Å²) >= 11 is 3.46. The molecule has 2 saturated heterocycles. The number of likely N-dealkylation sites (tertiary alicyclic amines) is 1. The standard InChI is InChI=1S/C17H22BrNO4/c1-21-17(12-18)10-14-15(23-17)8-5-9-19(14)16(20)22-11-13-6-3-2-4-7-13/h2-4,6-7,14-15H,5,8-12H2,1H3/t14-,15-,17?/m1/s1. The third-order valence-electron chi connectivity index (χ3n) is 4.62. The molecule has 0 saturated carbocycles. The van der Waals surface area contributed by atoms with Crippen molar-refractivity contribution in [1.29, 1.82) is 0 Å². The number of fused-ring (bicyclic) bond motifs is 1. The van der Waals surface area contributed by atoms with E-state index in [4.69, 9.17) is 14.2 Å². The minimum atomic E-state index is -0.641. The molecule has 1 aromatic rings. The summed E-state index contributed by atoms with van der Waals surface area (Å²) in [6.45, 7) is 1.00. The number of rotatable bonds is 4. The van der Waals surface area contributed by atoms with Crippen LogP contribution in [0.2, 0.25) is 0 Å². The fourth-order valence-corrected chi connectivity index (χ4v) is 3.93. The van der Waals surface area contributed by atoms with Crippen LogP contribution in [0, 0.1) is 0 Å². The van der Waals surface area contributed by atoms with E-state index in [0.29, 0.717) is 24.9 Å². The summed E-state index contributed by atoms with van der Waals surface area (Å²) in [5.41, 5.74) is 0.990. The Labute approximate surface area is 145 Å². The van der Waals surface area contributed by atoms with Crippen LogP contribution >= 0.6 is 15.9 Å². The molecule has 23 heavy (non-hydrogen) atoms. The van der Waals surface area contributed by atoms with Crippen molar-refractivity contribution in [3.05, 3.63) is 35.9 Å². The molecule has 0 bridgehead atoms. The quantitative estimate of drug-likeness (QED) is 0.748. The van der Waals surface area contributed by atoms with E-state index in [9.17, 15) is 4.79 Å². The molecule has 1 unspecified atom stereocenters. The number of amides is 1. The number of nitrogens with zero attached hydrogens (tertiary/aromatic N) is 1. The van der Waals surface area contributed by atoms with Gasteiger partial charge in [-0.3, -0.25) is 0 Å². The molecule has 6 heteroatoms. The van der Waals surface area contributed by atoms with Crippen molar-refractivity contribution in [2.75, 3.05) is 19.0 Å². The van der Waals surface area contributed by atoms with Crippen LogP contribution in [-0.2, 0) is 20.8 Å². The van der Waals surface area contributed by atoms with E-state index in [1.807, 2.05) is 30.3 Å². The smallest absolute Gasteiger partial charge is 0.410 e. The first kappa shape index (κ1) is 16.7. The monoisotopic (exact) mass is 383 g/mol. The number of halogens is 1. The zero-order valence-corrected chi connectivity index (χ0v) is 14.8. The number of methoxy groups -OCH3 is 1. The number of carbonyl (C=O) groups is 1. The van der Waals surface area contributed by atoms with Crippen LogP contribution in [0.1, 0.15) is 24.8 Å². The Morgan fingerprint density at radius 3 is 2.91 bits per heavy atom. The van der Waals surface area contributed by atoms with Gasteiger partial charge in [0.05, 0.1) is 17.5 Å². The van der Waals surface area contributed by atoms with E-state index in [1.165, 1.54) is 0 Å². The number of ether oxygens (including phenoxy) is 3. The molecule has 2 aliphatic rings. The van der Waals surface area contributed by atoms with E-state index in [-0.39, 0.29) is 18.2 Å². The van der Waals surface area contributed by atoms with Gasteiger partial charge in [-0.1, -0.05) is 46.3 Å². The van der Waals surface area contributed by atoms with Gasteiger partial charge in [0.1, 0.15) is 6.61 Å². The topological polar surface area (TPSA) is 48.0 Å². The lowest BCUT2D eigenvalue weighted by atomic mass is 9.97. The Balaban J connectivity index is 1.64. The molecule has 5 nitrogen and oxygen atoms in total. The molecule has 0 radical (unpaired) electrons. The van der Waals surface area contributed by atoms with Crippen molar-refractivity contribution in [1.82, 2.24) is 4.90 Å². The first-order valence-electron chi connectivity index (χ1n) is 7.94. The largest absolute Gasteiger partial charge is 0.445 e. The highest BCUT2D eigenvalue weighted by atomic mass is 79.9. The molecule has 3 atom stereocenters. The molecule has 0 spiro atoms. The van der Waals surface area contributed by atoms with Crippen LogP contribution in [0.15, 0.2) is 30.3 Å². The summed E-state index contributed by atoms with van der Waals surface area (Å²) in [4.78, 5) is 14.3. The average molecular weight is 384 g/mol. The molecule has 0 aliphatic carbocycles. The van der Waals surface area contributed by atoms with Gasteiger partial charge >= 0.3 is 6.09 Å². The zero-order chi connectivity index (χ0) is 16.3. The van der Waals surface area contributed by atoms with Crippen LogP contribution in [0.3, 0.4) is 0 Å². The maximum absolute atomic E-state index is 12.5. The summed E-state index contributed by atoms with van der Waals surface area (Å²) in [6.07, 6.45) is 2.29. The zero-order valence-electron chi connectivity index (χ0n) is 13.2. The van der Waals surface area contributed by atoms with Gasteiger partial charge in [-0.25, -0.2) is 4.79 Å². The number of piperidine rings is 1. The van der Waals surface area contributed by atoms with Crippen LogP contribution in [0.4, 0.5) is 4.79 Å². The first-order valence-corrected chi connectivity index (χ1v) is 9.06. The van der Waals surface area contributed by atoms with Gasteiger partial charge in [0.15, 0.2) is 5.79 Å². The van der Waals surface area contributed by atoms with Gasteiger partial charge in [-0.15, -0.1) is 0 Å². The van der Waals surface area contributed by atoms with Gasteiger partial charge in [-0.2, -0.15) is 0 Å². The number of hydrogen-bond acceptors (Lipinski definition) is 4. The van der Waals surface area contributed by atoms with Gasteiger partial charge in [-0.05, 0) is 18.4 Å². The van der Waals surface area contributed by atoms with Crippen molar-refractivity contribution in [3.63, 3.8) is 0 Å². The summed E-state index contributed by atoms with van der Waals surface area (Å²) in [6, 6.07) is 9.74. The molecule has 2 fully saturated rings. The van der Waals surface area contributed by atoms with Crippen molar-refractivity contribution < 1.29 is 19.0 Å². The van der Waals surface area contributed by atoms with Crippen molar-refractivity contribution in [3.8, 4) is 0 Å². The van der Waals surface area contributed by atoms with E-state index in [2.05, 4.69) is 15.9 Å². The average Bonchev–Trinajstić information content (AvgIpc) is 3.00. The molecule has 3 rings (SSSR count). The molecule has 0 aromatic heterocycles. The van der Waals surface area contributed by atoms with Gasteiger partial charge in [0, 0.05) is 20.1 Å². The summed E-state index contributed by atoms with van der Waals surface area (Å²) in [5, 5.41) is 0.594. The lowest BCUT2D eigenvalue weighted by molar-refractivity contribution is -0.196. The summed E-state index contributed by atoms with van der Waals surface area (Å²) < 4.78 is 17.1. The lowest BCUT2D eigenvalue weighted by Gasteiger charge is -2.35. The van der Waals surface area contributed by atoms with E-state index in [1.54, 1.807) is 12.0 Å². The Morgan fingerprint density at radius 2 is 2.22 bits per heavy atom. The number of carbonyl (C=O) groups excluding carboxylic acids is 1. The predicted molar refractivity (Wildman–Crippen MR) is 89.4 cm³/mol. The number of hydrogen-bond donors (Lipinski definition) is 0. The highest BCUT2D eigenvalue weighted by molar-refractivity contribution is 9.09. The van der Waals surface area contributed by atoms with Crippen molar-refractivity contribution >= 4 is 22.0 Å². The molecule has 126 valence electrons. The van der Waals surface area contributed by atoms with Gasteiger partial charge < -0.3 is 19.1 Å². The number of alkyl halides is 1. The van der Waals surface area contributed by atoms with E-state index < -0.39 is 5.79 Å². The van der Waals surface area contributed by atoms with Crippen LogP contribution in [-0.4, -0.2) is 47.9 Å². The molecule has 1 amide bonds. The molecule has 1 aromatic carbocycles. The summed E-state index contributed by atoms with van der Waals surface area (Å²) in [5.74, 6) is -0.641. The van der Waals surface area contributed by atoms with Gasteiger partial charge in [0.2, 0.25) is 0 Å². The van der Waals surface area contributed by atoms with E-state index in [0.717, 1.165) is 18.4 Å². The highest BCUT2D eigenvalue weighted by Crippen LogP contribution is 2.40. The van der Waals surface area contributed by atoms with Crippen LogP contribution in [0.25, 0.3) is 0 Å². The second-order valence-electron chi connectivity index (χ2n) is 6.05. The Hall–Kier alpha value is -1.11. The van der Waals surface area contributed by atoms with Crippen molar-refractivity contribution in [2.24, 2.45) is 0 Å².